The van der Waals surface area contributed by atoms with Crippen molar-refractivity contribution < 1.29 is 5.11 Å². The minimum absolute atomic E-state index is 0.0609. The normalized spacial score (nSPS) is 16.3. The molecular weight excluding hydrogens is 390 g/mol. The van der Waals surface area contributed by atoms with Gasteiger partial charge in [-0.2, -0.15) is 0 Å². The molecule has 0 radical (unpaired) electrons. The number of hydrogen-bond donors (Lipinski definition) is 1. The fraction of sp³-hybridized carbons (Fsp3) is 0.500. The number of hydrogen-bond acceptors (Lipinski definition) is 4. The third kappa shape index (κ3) is 4.70. The van der Waals surface area contributed by atoms with Crippen molar-refractivity contribution in [3.8, 4) is 0 Å². The molecule has 6 nitrogen and oxygen atoms in total. The van der Waals surface area contributed by atoms with Gasteiger partial charge >= 0.3 is 5.69 Å². The van der Waals surface area contributed by atoms with Crippen molar-refractivity contribution in [1.82, 2.24) is 9.13 Å². The summed E-state index contributed by atoms with van der Waals surface area (Å²) in [6, 6.07) is 7.84. The first-order valence-electron chi connectivity index (χ1n) is 10.2. The molecule has 1 atom stereocenters. The molecule has 0 aliphatic carbocycles. The van der Waals surface area contributed by atoms with Crippen LogP contribution in [-0.4, -0.2) is 26.6 Å². The molecule has 1 aromatic carbocycles. The topological polar surface area (TPSA) is 76.6 Å². The highest BCUT2D eigenvalue weighted by Crippen LogP contribution is 2.28. The molecule has 1 aliphatic heterocycles. The molecule has 0 bridgehead atoms. The summed E-state index contributed by atoms with van der Waals surface area (Å²) in [5.74, 6) is 0.700. The van der Waals surface area contributed by atoms with E-state index in [1.54, 1.807) is 7.05 Å². The highest BCUT2D eigenvalue weighted by atomic mass is 35.5. The third-order valence-electron chi connectivity index (χ3n) is 5.51. The van der Waals surface area contributed by atoms with Crippen LogP contribution in [0.25, 0.3) is 0 Å². The van der Waals surface area contributed by atoms with Gasteiger partial charge in [0.2, 0.25) is 0 Å². The van der Waals surface area contributed by atoms with Gasteiger partial charge in [-0.3, -0.25) is 13.9 Å². The van der Waals surface area contributed by atoms with Crippen LogP contribution in [0.3, 0.4) is 0 Å². The van der Waals surface area contributed by atoms with E-state index in [9.17, 15) is 9.59 Å². The summed E-state index contributed by atoms with van der Waals surface area (Å²) in [6.07, 6.45) is 4.37. The van der Waals surface area contributed by atoms with E-state index in [0.717, 1.165) is 31.4 Å². The van der Waals surface area contributed by atoms with E-state index in [0.29, 0.717) is 29.2 Å². The lowest BCUT2D eigenvalue weighted by molar-refractivity contribution is 0.277. The lowest BCUT2D eigenvalue weighted by Crippen LogP contribution is -2.41. The first-order chi connectivity index (χ1) is 14.0. The Balaban J connectivity index is 2.02. The van der Waals surface area contributed by atoms with Gasteiger partial charge in [0.15, 0.2) is 0 Å². The van der Waals surface area contributed by atoms with Crippen molar-refractivity contribution in [3.63, 3.8) is 0 Å². The van der Waals surface area contributed by atoms with Crippen LogP contribution in [0.2, 0.25) is 5.02 Å². The van der Waals surface area contributed by atoms with Crippen LogP contribution in [0.4, 0.5) is 5.82 Å². The Morgan fingerprint density at radius 2 is 1.97 bits per heavy atom. The van der Waals surface area contributed by atoms with E-state index in [1.807, 2.05) is 24.3 Å². The average molecular weight is 418 g/mol. The molecule has 0 spiro atoms. The number of aliphatic hydroxyl groups is 1. The molecule has 1 aliphatic rings. The van der Waals surface area contributed by atoms with Gasteiger partial charge in [0.05, 0.1) is 5.56 Å². The van der Waals surface area contributed by atoms with Gasteiger partial charge in [0, 0.05) is 36.9 Å². The second kappa shape index (κ2) is 9.55. The van der Waals surface area contributed by atoms with Gasteiger partial charge < -0.3 is 5.11 Å². The molecule has 0 amide bonds. The summed E-state index contributed by atoms with van der Waals surface area (Å²) in [5, 5.41) is 9.80. The average Bonchev–Trinajstić information content (AvgIpc) is 2.88. The number of nitrogens with zero attached hydrogens (tertiary/aromatic N) is 3. The number of fused-ring (bicyclic) bond motifs is 1. The Kier molecular flexibility index (Phi) is 7.09. The van der Waals surface area contributed by atoms with Crippen LogP contribution in [0.5, 0.6) is 0 Å². The molecule has 1 unspecified atom stereocenters. The second-order valence-corrected chi connectivity index (χ2v) is 8.03. The van der Waals surface area contributed by atoms with Crippen molar-refractivity contribution in [2.75, 3.05) is 6.61 Å². The van der Waals surface area contributed by atoms with Crippen LogP contribution < -0.4 is 11.2 Å². The molecule has 1 aromatic heterocycles. The molecule has 0 saturated carbocycles. The fourth-order valence-corrected chi connectivity index (χ4v) is 4.09. The molecular formula is C22H28ClN3O3. The van der Waals surface area contributed by atoms with E-state index in [1.165, 1.54) is 14.7 Å². The van der Waals surface area contributed by atoms with Gasteiger partial charge in [-0.15, -0.1) is 0 Å². The van der Waals surface area contributed by atoms with Crippen molar-refractivity contribution in [2.24, 2.45) is 18.0 Å². The van der Waals surface area contributed by atoms with Crippen molar-refractivity contribution in [3.05, 3.63) is 61.3 Å². The molecule has 29 heavy (non-hydrogen) atoms. The molecule has 7 heteroatoms. The Morgan fingerprint density at radius 1 is 1.24 bits per heavy atom. The molecule has 0 fully saturated rings. The summed E-state index contributed by atoms with van der Waals surface area (Å²) in [7, 11) is 1.67. The van der Waals surface area contributed by atoms with E-state index in [4.69, 9.17) is 21.7 Å². The summed E-state index contributed by atoms with van der Waals surface area (Å²) in [6.45, 7) is 2.27. The highest BCUT2D eigenvalue weighted by molar-refractivity contribution is 6.30. The van der Waals surface area contributed by atoms with E-state index in [-0.39, 0.29) is 30.3 Å². The van der Waals surface area contributed by atoms with E-state index >= 15 is 0 Å². The maximum Gasteiger partial charge on any atom is 0.332 e. The quantitative estimate of drug-likeness (QED) is 0.751. The van der Waals surface area contributed by atoms with Crippen molar-refractivity contribution in [2.45, 2.75) is 52.0 Å². The summed E-state index contributed by atoms with van der Waals surface area (Å²) in [4.78, 5) is 30.6. The number of aliphatic imine (C=N–C) groups is 1. The first-order valence-corrected chi connectivity index (χ1v) is 10.6. The maximum atomic E-state index is 13.0. The Hall–Kier alpha value is -2.18. The zero-order chi connectivity index (χ0) is 21.0. The number of aliphatic hydroxyl groups excluding tert-OH is 1. The zero-order valence-electron chi connectivity index (χ0n) is 17.0. The van der Waals surface area contributed by atoms with Crippen molar-refractivity contribution >= 4 is 23.1 Å². The number of benzene rings is 1. The number of halogens is 1. The smallest absolute Gasteiger partial charge is 0.332 e. The van der Waals surface area contributed by atoms with Crippen LogP contribution >= 0.6 is 11.6 Å². The minimum Gasteiger partial charge on any atom is -0.396 e. The summed E-state index contributed by atoms with van der Waals surface area (Å²) < 4.78 is 2.71. The lowest BCUT2D eigenvalue weighted by atomic mass is 9.88. The van der Waals surface area contributed by atoms with Gasteiger partial charge in [-0.25, -0.2) is 9.79 Å². The van der Waals surface area contributed by atoms with Crippen molar-refractivity contribution in [1.29, 1.82) is 0 Å². The molecule has 2 aromatic rings. The second-order valence-electron chi connectivity index (χ2n) is 7.60. The Bertz CT molecular complexity index is 1010. The van der Waals surface area contributed by atoms with Gasteiger partial charge in [-0.05, 0) is 49.8 Å². The zero-order valence-corrected chi connectivity index (χ0v) is 17.8. The van der Waals surface area contributed by atoms with Gasteiger partial charge in [0.1, 0.15) is 5.82 Å². The van der Waals surface area contributed by atoms with Crippen LogP contribution in [0, 0.1) is 5.92 Å². The Labute approximate surface area is 175 Å². The third-order valence-corrected chi connectivity index (χ3v) is 5.77. The first kappa shape index (κ1) is 21.5. The molecule has 156 valence electrons. The summed E-state index contributed by atoms with van der Waals surface area (Å²) in [5.41, 5.74) is 2.17. The number of rotatable bonds is 7. The predicted octanol–water partition coefficient (Wildman–Crippen LogP) is 3.26. The van der Waals surface area contributed by atoms with E-state index in [2.05, 4.69) is 6.92 Å². The Morgan fingerprint density at radius 3 is 2.62 bits per heavy atom. The number of aromatic nitrogens is 2. The molecule has 3 rings (SSSR count). The van der Waals surface area contributed by atoms with Gasteiger partial charge in [-0.1, -0.05) is 37.1 Å². The van der Waals surface area contributed by atoms with E-state index < -0.39 is 0 Å². The highest BCUT2D eigenvalue weighted by Gasteiger charge is 2.25. The molecule has 2 heterocycles. The summed E-state index contributed by atoms with van der Waals surface area (Å²) >= 11 is 6.01. The van der Waals surface area contributed by atoms with Gasteiger partial charge in [0.25, 0.3) is 5.56 Å². The largest absolute Gasteiger partial charge is 0.396 e. The van der Waals surface area contributed by atoms with Crippen LogP contribution in [-0.2, 0) is 26.4 Å². The van der Waals surface area contributed by atoms with Crippen LogP contribution in [0.15, 0.2) is 38.8 Å². The lowest BCUT2D eigenvalue weighted by Gasteiger charge is -2.17. The SMILES string of the molecule is CCCC1=Nc2c(c(=O)n(CCCO)c(=O)n2C)CCC1Cc1ccc(Cl)cc1. The molecule has 1 N–H and O–H groups in total. The monoisotopic (exact) mass is 417 g/mol. The fourth-order valence-electron chi connectivity index (χ4n) is 3.96. The minimum atomic E-state index is -0.377. The molecule has 0 saturated heterocycles. The predicted molar refractivity (Wildman–Crippen MR) is 117 cm³/mol. The standard InChI is InChI=1S/C22H28ClN3O3/c1-3-5-19-16(14-15-6-9-17(23)10-7-15)8-11-18-20(24-19)25(2)22(29)26(21(18)28)12-4-13-27/h6-7,9-10,16,27H,3-5,8,11-14H2,1-2H3. The maximum absolute atomic E-state index is 13.0. The van der Waals surface area contributed by atoms with Crippen LogP contribution in [0.1, 0.15) is 43.7 Å².